The van der Waals surface area contributed by atoms with E-state index >= 15 is 0 Å². The molecule has 2 aliphatic heterocycles. The van der Waals surface area contributed by atoms with Crippen molar-refractivity contribution in [3.63, 3.8) is 0 Å². The molecular weight excluding hydrogens is 426 g/mol. The summed E-state index contributed by atoms with van der Waals surface area (Å²) >= 11 is 7.67. The minimum Gasteiger partial charge on any atom is -0.463 e. The van der Waals surface area contributed by atoms with Crippen LogP contribution < -0.4 is 5.32 Å². The molecule has 1 amide bonds. The molecule has 0 saturated carbocycles. The van der Waals surface area contributed by atoms with Crippen LogP contribution in [-0.4, -0.2) is 48.8 Å². The van der Waals surface area contributed by atoms with E-state index in [1.165, 1.54) is 11.8 Å². The monoisotopic (exact) mass is 449 g/mol. The molecule has 0 fully saturated rings. The fourth-order valence-corrected chi connectivity index (χ4v) is 4.51. The smallest absolute Gasteiger partial charge is 0.338 e. The molecule has 1 aromatic rings. The van der Waals surface area contributed by atoms with Crippen molar-refractivity contribution in [1.82, 2.24) is 10.2 Å². The summed E-state index contributed by atoms with van der Waals surface area (Å²) in [6.45, 7) is 4.69. The van der Waals surface area contributed by atoms with E-state index in [2.05, 4.69) is 10.3 Å². The number of benzene rings is 1. The molecule has 0 bridgehead atoms. The summed E-state index contributed by atoms with van der Waals surface area (Å²) in [5.41, 5.74) is 2.62. The van der Waals surface area contributed by atoms with E-state index in [4.69, 9.17) is 21.1 Å². The lowest BCUT2D eigenvalue weighted by Gasteiger charge is -2.36. The minimum absolute atomic E-state index is 0.131. The summed E-state index contributed by atoms with van der Waals surface area (Å²) in [5, 5.41) is 6.00. The number of fused-ring (bicyclic) bond motifs is 1. The highest BCUT2D eigenvalue weighted by Crippen LogP contribution is 2.45. The van der Waals surface area contributed by atoms with Crippen molar-refractivity contribution in [2.24, 2.45) is 4.99 Å². The number of halogens is 1. The quantitative estimate of drug-likeness (QED) is 0.482. The molecule has 2 heterocycles. The Bertz CT molecular complexity index is 929. The van der Waals surface area contributed by atoms with Gasteiger partial charge in [0.25, 0.3) is 0 Å². The van der Waals surface area contributed by atoms with E-state index in [1.54, 1.807) is 27.0 Å². The van der Waals surface area contributed by atoms with Crippen LogP contribution in [0.3, 0.4) is 0 Å². The lowest BCUT2D eigenvalue weighted by atomic mass is 9.94. The zero-order valence-corrected chi connectivity index (χ0v) is 18.7. The second kappa shape index (κ2) is 10.1. The minimum atomic E-state index is -0.483. The Labute approximate surface area is 185 Å². The van der Waals surface area contributed by atoms with E-state index in [0.717, 1.165) is 11.3 Å². The number of carbonyl (C=O) groups is 2. The van der Waals surface area contributed by atoms with Gasteiger partial charge in [-0.25, -0.2) is 9.79 Å². The molecule has 1 N–H and O–H groups in total. The van der Waals surface area contributed by atoms with Crippen molar-refractivity contribution < 1.29 is 19.1 Å². The molecule has 0 aromatic heterocycles. The predicted molar refractivity (Wildman–Crippen MR) is 118 cm³/mol. The summed E-state index contributed by atoms with van der Waals surface area (Å²) in [6.07, 6.45) is 0.155. The van der Waals surface area contributed by atoms with Crippen LogP contribution in [0.4, 0.5) is 0 Å². The standard InChI is InChI=1S/C21H24ClN3O4S/c1-4-29-20(27)18-13(2)24-21-25(19(18)14-6-5-7-15(22)10-14)16(12-30-21)11-17(26)23-8-9-28-3/h5-7,10,12,19H,4,8-9,11H2,1-3H3,(H,23,26). The largest absolute Gasteiger partial charge is 0.463 e. The van der Waals surface area contributed by atoms with Gasteiger partial charge >= 0.3 is 5.97 Å². The Morgan fingerprint density at radius 1 is 1.37 bits per heavy atom. The highest BCUT2D eigenvalue weighted by molar-refractivity contribution is 8.16. The molecule has 1 aromatic carbocycles. The van der Waals surface area contributed by atoms with E-state index < -0.39 is 12.0 Å². The van der Waals surface area contributed by atoms with Gasteiger partial charge in [-0.3, -0.25) is 4.79 Å². The number of nitrogens with one attached hydrogen (secondary N) is 1. The van der Waals surface area contributed by atoms with Gasteiger partial charge in [0.05, 0.1) is 36.9 Å². The summed E-state index contributed by atoms with van der Waals surface area (Å²) in [4.78, 5) is 31.8. The molecule has 1 unspecified atom stereocenters. The van der Waals surface area contributed by atoms with Gasteiger partial charge in [-0.15, -0.1) is 0 Å². The number of amides is 1. The molecule has 2 aliphatic rings. The van der Waals surface area contributed by atoms with E-state index in [1.807, 2.05) is 28.5 Å². The molecule has 7 nitrogen and oxygen atoms in total. The molecule has 160 valence electrons. The molecule has 1 atom stereocenters. The number of allylic oxidation sites excluding steroid dienone is 1. The first-order chi connectivity index (χ1) is 14.5. The maximum Gasteiger partial charge on any atom is 0.338 e. The van der Waals surface area contributed by atoms with Crippen LogP contribution in [0, 0.1) is 0 Å². The molecule has 0 spiro atoms. The predicted octanol–water partition coefficient (Wildman–Crippen LogP) is 3.63. The number of rotatable bonds is 8. The zero-order valence-electron chi connectivity index (χ0n) is 17.1. The van der Waals surface area contributed by atoms with Crippen LogP contribution >= 0.6 is 23.4 Å². The van der Waals surface area contributed by atoms with Crippen molar-refractivity contribution in [3.05, 3.63) is 57.2 Å². The van der Waals surface area contributed by atoms with Crippen LogP contribution in [-0.2, 0) is 19.1 Å². The Morgan fingerprint density at radius 2 is 2.17 bits per heavy atom. The van der Waals surface area contributed by atoms with Gasteiger partial charge in [-0.2, -0.15) is 0 Å². The van der Waals surface area contributed by atoms with Crippen molar-refractivity contribution in [3.8, 4) is 0 Å². The third kappa shape index (κ3) is 4.88. The Hall–Kier alpha value is -2.29. The van der Waals surface area contributed by atoms with Gasteiger partial charge in [0.2, 0.25) is 5.91 Å². The Kier molecular flexibility index (Phi) is 7.58. The van der Waals surface area contributed by atoms with Gasteiger partial charge in [-0.05, 0) is 37.0 Å². The van der Waals surface area contributed by atoms with E-state index in [9.17, 15) is 9.59 Å². The lowest BCUT2D eigenvalue weighted by molar-refractivity contribution is -0.139. The number of ether oxygens (including phenoxy) is 2. The fraction of sp³-hybridized carbons (Fsp3) is 0.381. The zero-order chi connectivity index (χ0) is 21.7. The summed E-state index contributed by atoms with van der Waals surface area (Å²) in [7, 11) is 1.58. The highest BCUT2D eigenvalue weighted by atomic mass is 35.5. The molecule has 9 heteroatoms. The van der Waals surface area contributed by atoms with Crippen LogP contribution in [0.25, 0.3) is 0 Å². The Balaban J connectivity index is 1.96. The molecule has 0 aliphatic carbocycles. The molecule has 0 saturated heterocycles. The fourth-order valence-electron chi connectivity index (χ4n) is 3.35. The maximum absolute atomic E-state index is 12.8. The second-order valence-corrected chi connectivity index (χ2v) is 7.96. The van der Waals surface area contributed by atoms with E-state index in [-0.39, 0.29) is 18.9 Å². The van der Waals surface area contributed by atoms with Gasteiger partial charge in [0.1, 0.15) is 0 Å². The van der Waals surface area contributed by atoms with Crippen LogP contribution in [0.15, 0.2) is 51.6 Å². The van der Waals surface area contributed by atoms with Crippen LogP contribution in [0.5, 0.6) is 0 Å². The SMILES string of the molecule is CCOC(=O)C1=C(C)N=C2SC=C(CC(=O)NCCOC)N2C1c1cccc(Cl)c1. The molecular formula is C21H24ClN3O4S. The van der Waals surface area contributed by atoms with Crippen LogP contribution in [0.2, 0.25) is 5.02 Å². The van der Waals surface area contributed by atoms with Crippen molar-refractivity contribution in [1.29, 1.82) is 0 Å². The molecule has 0 radical (unpaired) electrons. The number of thioether (sulfide) groups is 1. The molecule has 3 rings (SSSR count). The average Bonchev–Trinajstić information content (AvgIpc) is 3.09. The van der Waals surface area contributed by atoms with Gasteiger partial charge in [0, 0.05) is 24.4 Å². The second-order valence-electron chi connectivity index (χ2n) is 6.69. The van der Waals surface area contributed by atoms with Gasteiger partial charge in [0.15, 0.2) is 5.17 Å². The van der Waals surface area contributed by atoms with E-state index in [0.29, 0.717) is 34.6 Å². The van der Waals surface area contributed by atoms with Crippen molar-refractivity contribution >= 4 is 40.4 Å². The number of esters is 1. The first-order valence-corrected chi connectivity index (χ1v) is 10.8. The van der Waals surface area contributed by atoms with Gasteiger partial charge in [-0.1, -0.05) is 35.5 Å². The highest BCUT2D eigenvalue weighted by Gasteiger charge is 2.41. The first-order valence-electron chi connectivity index (χ1n) is 9.58. The summed E-state index contributed by atoms with van der Waals surface area (Å²) in [6, 6.07) is 6.86. The Morgan fingerprint density at radius 3 is 2.87 bits per heavy atom. The van der Waals surface area contributed by atoms with Crippen molar-refractivity contribution in [2.75, 3.05) is 26.9 Å². The van der Waals surface area contributed by atoms with Gasteiger partial charge < -0.3 is 19.7 Å². The summed E-state index contributed by atoms with van der Waals surface area (Å²) in [5.74, 6) is -0.558. The lowest BCUT2D eigenvalue weighted by Crippen LogP contribution is -2.38. The number of nitrogens with zero attached hydrogens (tertiary/aromatic N) is 2. The number of carbonyl (C=O) groups excluding carboxylic acids is 2. The number of aliphatic imine (C=N–C) groups is 1. The third-order valence-electron chi connectivity index (χ3n) is 4.63. The normalized spacial score (nSPS) is 18.0. The number of hydrogen-bond acceptors (Lipinski definition) is 7. The average molecular weight is 450 g/mol. The van der Waals surface area contributed by atoms with Crippen molar-refractivity contribution in [2.45, 2.75) is 26.3 Å². The van der Waals surface area contributed by atoms with Crippen LogP contribution in [0.1, 0.15) is 31.9 Å². The third-order valence-corrected chi connectivity index (χ3v) is 5.75. The molecule has 30 heavy (non-hydrogen) atoms. The first kappa shape index (κ1) is 22.4. The number of amidine groups is 1. The summed E-state index contributed by atoms with van der Waals surface area (Å²) < 4.78 is 10.3. The maximum atomic E-state index is 12.8. The topological polar surface area (TPSA) is 80.2 Å². The number of methoxy groups -OCH3 is 1. The number of hydrogen-bond donors (Lipinski definition) is 1.